The van der Waals surface area contributed by atoms with Crippen molar-refractivity contribution in [1.82, 2.24) is 19.8 Å². The van der Waals surface area contributed by atoms with E-state index in [1.807, 2.05) is 0 Å². The monoisotopic (exact) mass is 249 g/mol. The Morgan fingerprint density at radius 2 is 2.17 bits per heavy atom. The minimum atomic E-state index is 0.549. The first-order valence-electron chi connectivity index (χ1n) is 6.58. The van der Waals surface area contributed by atoms with Crippen molar-refractivity contribution in [3.8, 4) is 0 Å². The molecule has 5 nitrogen and oxygen atoms in total. The summed E-state index contributed by atoms with van der Waals surface area (Å²) in [6.07, 6.45) is 4.30. The molecule has 0 atom stereocenters. The van der Waals surface area contributed by atoms with Gasteiger partial charge in [0.25, 0.3) is 0 Å². The van der Waals surface area contributed by atoms with Crippen LogP contribution in [0.15, 0.2) is 12.3 Å². The molecule has 0 spiro atoms. The molecule has 0 saturated carbocycles. The van der Waals surface area contributed by atoms with Crippen molar-refractivity contribution >= 4 is 5.82 Å². The number of rotatable bonds is 4. The summed E-state index contributed by atoms with van der Waals surface area (Å²) in [7, 11) is 4.32. The number of hydrogen-bond donors (Lipinski definition) is 1. The number of nitrogens with zero attached hydrogens (tertiary/aromatic N) is 4. The summed E-state index contributed by atoms with van der Waals surface area (Å²) in [5.41, 5.74) is 5.66. The molecule has 0 aromatic carbocycles. The van der Waals surface area contributed by atoms with E-state index < -0.39 is 0 Å². The average molecular weight is 249 g/mol. The molecule has 0 unspecified atom stereocenters. The van der Waals surface area contributed by atoms with Gasteiger partial charge >= 0.3 is 0 Å². The zero-order valence-electron chi connectivity index (χ0n) is 11.3. The maximum absolute atomic E-state index is 5.66. The maximum Gasteiger partial charge on any atom is 0.144 e. The van der Waals surface area contributed by atoms with E-state index >= 15 is 0 Å². The molecular formula is C13H23N5. The Balaban J connectivity index is 1.80. The summed E-state index contributed by atoms with van der Waals surface area (Å²) in [5, 5.41) is 0. The maximum atomic E-state index is 5.66. The van der Waals surface area contributed by atoms with Gasteiger partial charge in [-0.3, -0.25) is 4.90 Å². The van der Waals surface area contributed by atoms with Crippen LogP contribution in [-0.2, 0) is 6.54 Å². The molecule has 1 saturated heterocycles. The highest BCUT2D eigenvalue weighted by Crippen LogP contribution is 2.17. The van der Waals surface area contributed by atoms with Crippen LogP contribution >= 0.6 is 0 Å². The zero-order valence-corrected chi connectivity index (χ0v) is 11.3. The van der Waals surface area contributed by atoms with E-state index in [1.165, 1.54) is 25.9 Å². The molecule has 0 aliphatic carbocycles. The SMILES string of the molecule is CN1CCC(CN(C)Cc2nccc(N)n2)CC1. The van der Waals surface area contributed by atoms with E-state index in [9.17, 15) is 0 Å². The third-order valence-corrected chi connectivity index (χ3v) is 3.55. The highest BCUT2D eigenvalue weighted by atomic mass is 15.1. The molecule has 5 heteroatoms. The van der Waals surface area contributed by atoms with Crippen LogP contribution in [0.4, 0.5) is 5.82 Å². The first-order chi connectivity index (χ1) is 8.63. The fourth-order valence-corrected chi connectivity index (χ4v) is 2.48. The van der Waals surface area contributed by atoms with Crippen molar-refractivity contribution in [3.63, 3.8) is 0 Å². The van der Waals surface area contributed by atoms with Crippen LogP contribution in [0, 0.1) is 5.92 Å². The molecule has 1 aliphatic heterocycles. The summed E-state index contributed by atoms with van der Waals surface area (Å²) in [4.78, 5) is 13.2. The van der Waals surface area contributed by atoms with Crippen molar-refractivity contribution in [1.29, 1.82) is 0 Å². The fraction of sp³-hybridized carbons (Fsp3) is 0.692. The first-order valence-corrected chi connectivity index (χ1v) is 6.58. The number of anilines is 1. The van der Waals surface area contributed by atoms with Crippen LogP contribution in [0.1, 0.15) is 18.7 Å². The summed E-state index contributed by atoms with van der Waals surface area (Å²) in [6, 6.07) is 1.72. The van der Waals surface area contributed by atoms with E-state index in [4.69, 9.17) is 5.73 Å². The number of piperidine rings is 1. The Bertz CT molecular complexity index is 373. The van der Waals surface area contributed by atoms with Crippen molar-refractivity contribution in [2.45, 2.75) is 19.4 Å². The van der Waals surface area contributed by atoms with E-state index in [-0.39, 0.29) is 0 Å². The summed E-state index contributed by atoms with van der Waals surface area (Å²) in [6.45, 7) is 4.32. The lowest BCUT2D eigenvalue weighted by Gasteiger charge is -2.31. The van der Waals surface area contributed by atoms with Gasteiger partial charge in [-0.15, -0.1) is 0 Å². The van der Waals surface area contributed by atoms with Crippen LogP contribution in [0.25, 0.3) is 0 Å². The quantitative estimate of drug-likeness (QED) is 0.856. The highest BCUT2D eigenvalue weighted by molar-refractivity contribution is 5.24. The molecule has 1 aromatic heterocycles. The van der Waals surface area contributed by atoms with Gasteiger partial charge in [0, 0.05) is 12.7 Å². The minimum absolute atomic E-state index is 0.549. The summed E-state index contributed by atoms with van der Waals surface area (Å²) >= 11 is 0. The van der Waals surface area contributed by atoms with Crippen molar-refractivity contribution in [3.05, 3.63) is 18.1 Å². The Hall–Kier alpha value is -1.20. The Labute approximate surface area is 109 Å². The van der Waals surface area contributed by atoms with Gasteiger partial charge in [-0.1, -0.05) is 0 Å². The number of nitrogens with two attached hydrogens (primary N) is 1. The van der Waals surface area contributed by atoms with E-state index in [2.05, 4.69) is 33.9 Å². The predicted octanol–water partition coefficient (Wildman–Crippen LogP) is 0.832. The first kappa shape index (κ1) is 13.2. The Morgan fingerprint density at radius 3 is 2.83 bits per heavy atom. The average Bonchev–Trinajstić information content (AvgIpc) is 2.32. The molecular weight excluding hydrogens is 226 g/mol. The lowest BCUT2D eigenvalue weighted by atomic mass is 9.97. The van der Waals surface area contributed by atoms with Gasteiger partial charge in [-0.25, -0.2) is 9.97 Å². The van der Waals surface area contributed by atoms with Crippen LogP contribution in [0.5, 0.6) is 0 Å². The number of aromatic nitrogens is 2. The normalized spacial score (nSPS) is 18.4. The van der Waals surface area contributed by atoms with Gasteiger partial charge in [-0.2, -0.15) is 0 Å². The molecule has 1 aliphatic rings. The van der Waals surface area contributed by atoms with Gasteiger partial charge in [0.15, 0.2) is 0 Å². The van der Waals surface area contributed by atoms with Crippen molar-refractivity contribution in [2.24, 2.45) is 5.92 Å². The van der Waals surface area contributed by atoms with Gasteiger partial charge in [-0.05, 0) is 52.0 Å². The Kier molecular flexibility index (Phi) is 4.49. The number of nitrogen functional groups attached to an aromatic ring is 1. The molecule has 2 N–H and O–H groups in total. The zero-order chi connectivity index (χ0) is 13.0. The second-order valence-electron chi connectivity index (χ2n) is 5.34. The van der Waals surface area contributed by atoms with Crippen molar-refractivity contribution < 1.29 is 0 Å². The van der Waals surface area contributed by atoms with Gasteiger partial charge in [0.1, 0.15) is 11.6 Å². The van der Waals surface area contributed by atoms with Crippen LogP contribution < -0.4 is 5.73 Å². The number of likely N-dealkylation sites (tertiary alicyclic amines) is 1. The molecule has 1 fully saturated rings. The van der Waals surface area contributed by atoms with E-state index in [1.54, 1.807) is 12.3 Å². The second kappa shape index (κ2) is 6.11. The topological polar surface area (TPSA) is 58.3 Å². The van der Waals surface area contributed by atoms with Crippen LogP contribution in [0.3, 0.4) is 0 Å². The molecule has 0 amide bonds. The number of hydrogen-bond acceptors (Lipinski definition) is 5. The van der Waals surface area contributed by atoms with E-state index in [0.717, 1.165) is 24.8 Å². The molecule has 0 radical (unpaired) electrons. The fourth-order valence-electron chi connectivity index (χ4n) is 2.48. The molecule has 1 aromatic rings. The van der Waals surface area contributed by atoms with Gasteiger partial charge in [0.2, 0.25) is 0 Å². The summed E-state index contributed by atoms with van der Waals surface area (Å²) in [5.74, 6) is 2.16. The Morgan fingerprint density at radius 1 is 1.44 bits per heavy atom. The molecule has 2 rings (SSSR count). The van der Waals surface area contributed by atoms with Crippen molar-refractivity contribution in [2.75, 3.05) is 39.5 Å². The highest BCUT2D eigenvalue weighted by Gasteiger charge is 2.18. The molecule has 0 bridgehead atoms. The van der Waals surface area contributed by atoms with Crippen LogP contribution in [0.2, 0.25) is 0 Å². The predicted molar refractivity (Wildman–Crippen MR) is 73.0 cm³/mol. The molecule has 2 heterocycles. The molecule has 18 heavy (non-hydrogen) atoms. The standard InChI is InChI=1S/C13H23N5/c1-17-7-4-11(5-8-17)9-18(2)10-13-15-6-3-12(14)16-13/h3,6,11H,4-5,7-10H2,1-2H3,(H2,14,15,16). The third kappa shape index (κ3) is 3.92. The largest absolute Gasteiger partial charge is 0.384 e. The summed E-state index contributed by atoms with van der Waals surface area (Å²) < 4.78 is 0. The van der Waals surface area contributed by atoms with Gasteiger partial charge < -0.3 is 10.6 Å². The van der Waals surface area contributed by atoms with Gasteiger partial charge in [0.05, 0.1) is 6.54 Å². The lowest BCUT2D eigenvalue weighted by Crippen LogP contribution is -2.35. The minimum Gasteiger partial charge on any atom is -0.384 e. The second-order valence-corrected chi connectivity index (χ2v) is 5.34. The lowest BCUT2D eigenvalue weighted by molar-refractivity contribution is 0.172. The third-order valence-electron chi connectivity index (χ3n) is 3.55. The molecule has 100 valence electrons. The van der Waals surface area contributed by atoms with Crippen LogP contribution in [-0.4, -0.2) is 53.5 Å². The smallest absolute Gasteiger partial charge is 0.144 e. The van der Waals surface area contributed by atoms with E-state index in [0.29, 0.717) is 5.82 Å².